The molecule has 1 saturated heterocycles. The summed E-state index contributed by atoms with van der Waals surface area (Å²) in [6.45, 7) is 9.47. The lowest BCUT2D eigenvalue weighted by Crippen LogP contribution is -2.46. The first-order valence-corrected chi connectivity index (χ1v) is 6.67. The van der Waals surface area contributed by atoms with Crippen LogP contribution in [0.1, 0.15) is 46.5 Å². The Hall–Kier alpha value is -0.570. The normalized spacial score (nSPS) is 22.2. The minimum Gasteiger partial charge on any atom is -0.338 e. The van der Waals surface area contributed by atoms with E-state index in [4.69, 9.17) is 0 Å². The van der Waals surface area contributed by atoms with Gasteiger partial charge in [0.25, 0.3) is 0 Å². The van der Waals surface area contributed by atoms with E-state index in [0.717, 1.165) is 45.3 Å². The van der Waals surface area contributed by atoms with Crippen LogP contribution < -0.4 is 5.32 Å². The second-order valence-electron chi connectivity index (χ2n) is 5.06. The highest BCUT2D eigenvalue weighted by atomic mass is 16.2. The van der Waals surface area contributed by atoms with E-state index in [0.29, 0.717) is 17.9 Å². The van der Waals surface area contributed by atoms with E-state index >= 15 is 0 Å². The van der Waals surface area contributed by atoms with Crippen LogP contribution in [0.2, 0.25) is 0 Å². The number of hydrogen-bond acceptors (Lipinski definition) is 2. The van der Waals surface area contributed by atoms with Crippen molar-refractivity contribution in [1.29, 1.82) is 0 Å². The maximum atomic E-state index is 12.1. The Kier molecular flexibility index (Phi) is 5.81. The van der Waals surface area contributed by atoms with E-state index in [1.807, 2.05) is 0 Å². The smallest absolute Gasteiger partial charge is 0.222 e. The monoisotopic (exact) mass is 226 g/mol. The first kappa shape index (κ1) is 13.5. The van der Waals surface area contributed by atoms with Crippen molar-refractivity contribution in [2.75, 3.05) is 19.6 Å². The summed E-state index contributed by atoms with van der Waals surface area (Å²) in [6.07, 6.45) is 3.93. The maximum absolute atomic E-state index is 12.1. The summed E-state index contributed by atoms with van der Waals surface area (Å²) in [4.78, 5) is 14.2. The van der Waals surface area contributed by atoms with Crippen LogP contribution in [-0.2, 0) is 4.79 Å². The summed E-state index contributed by atoms with van der Waals surface area (Å²) < 4.78 is 0. The van der Waals surface area contributed by atoms with E-state index in [1.54, 1.807) is 0 Å². The van der Waals surface area contributed by atoms with Crippen LogP contribution in [-0.4, -0.2) is 36.5 Å². The number of rotatable bonds is 4. The second kappa shape index (κ2) is 6.89. The minimum absolute atomic E-state index is 0.351. The van der Waals surface area contributed by atoms with E-state index < -0.39 is 0 Å². The lowest BCUT2D eigenvalue weighted by atomic mass is 10.0. The van der Waals surface area contributed by atoms with Gasteiger partial charge in [-0.25, -0.2) is 0 Å². The number of carbonyl (C=O) groups is 1. The van der Waals surface area contributed by atoms with Gasteiger partial charge in [-0.05, 0) is 25.3 Å². The zero-order chi connectivity index (χ0) is 12.0. The van der Waals surface area contributed by atoms with Gasteiger partial charge < -0.3 is 10.2 Å². The molecule has 0 aromatic rings. The van der Waals surface area contributed by atoms with Gasteiger partial charge in [0.05, 0.1) is 0 Å². The third kappa shape index (κ3) is 3.78. The molecule has 3 heteroatoms. The molecule has 1 N–H and O–H groups in total. The van der Waals surface area contributed by atoms with Crippen LogP contribution in [0.15, 0.2) is 0 Å². The Morgan fingerprint density at radius 1 is 1.50 bits per heavy atom. The molecule has 1 rings (SSSR count). The highest BCUT2D eigenvalue weighted by Crippen LogP contribution is 2.15. The molecule has 3 nitrogen and oxygen atoms in total. The van der Waals surface area contributed by atoms with Gasteiger partial charge in [-0.1, -0.05) is 27.2 Å². The maximum Gasteiger partial charge on any atom is 0.222 e. The fourth-order valence-electron chi connectivity index (χ4n) is 2.28. The molecule has 1 heterocycles. The van der Waals surface area contributed by atoms with Gasteiger partial charge in [-0.15, -0.1) is 0 Å². The molecule has 0 saturated carbocycles. The highest BCUT2D eigenvalue weighted by Gasteiger charge is 2.26. The van der Waals surface area contributed by atoms with Gasteiger partial charge in [0, 0.05) is 25.6 Å². The van der Waals surface area contributed by atoms with Gasteiger partial charge in [0.2, 0.25) is 5.91 Å². The SMILES string of the molecule is CCCCC(=O)N1CCCNCC1C(C)C. The van der Waals surface area contributed by atoms with E-state index in [1.165, 1.54) is 0 Å². The Morgan fingerprint density at radius 2 is 2.25 bits per heavy atom. The van der Waals surface area contributed by atoms with Crippen LogP contribution in [0.4, 0.5) is 0 Å². The van der Waals surface area contributed by atoms with Gasteiger partial charge >= 0.3 is 0 Å². The number of nitrogens with one attached hydrogen (secondary N) is 1. The summed E-state index contributed by atoms with van der Waals surface area (Å²) in [5.41, 5.74) is 0. The molecule has 1 amide bonds. The summed E-state index contributed by atoms with van der Waals surface area (Å²) >= 11 is 0. The average Bonchev–Trinajstić information content (AvgIpc) is 2.50. The lowest BCUT2D eigenvalue weighted by molar-refractivity contribution is -0.134. The van der Waals surface area contributed by atoms with E-state index in [-0.39, 0.29) is 0 Å². The van der Waals surface area contributed by atoms with Crippen LogP contribution >= 0.6 is 0 Å². The fourth-order valence-corrected chi connectivity index (χ4v) is 2.28. The van der Waals surface area contributed by atoms with Crippen molar-refractivity contribution in [3.63, 3.8) is 0 Å². The molecule has 16 heavy (non-hydrogen) atoms. The van der Waals surface area contributed by atoms with E-state index in [9.17, 15) is 4.79 Å². The van der Waals surface area contributed by atoms with Crippen molar-refractivity contribution in [2.24, 2.45) is 5.92 Å². The van der Waals surface area contributed by atoms with Gasteiger partial charge in [-0.3, -0.25) is 4.79 Å². The fraction of sp³-hybridized carbons (Fsp3) is 0.923. The number of amides is 1. The molecule has 1 aliphatic rings. The molecule has 0 spiro atoms. The average molecular weight is 226 g/mol. The quantitative estimate of drug-likeness (QED) is 0.795. The van der Waals surface area contributed by atoms with Crippen LogP contribution in [0.25, 0.3) is 0 Å². The van der Waals surface area contributed by atoms with Crippen LogP contribution in [0.3, 0.4) is 0 Å². The van der Waals surface area contributed by atoms with Crippen LogP contribution in [0, 0.1) is 5.92 Å². The first-order valence-electron chi connectivity index (χ1n) is 6.67. The molecule has 1 atom stereocenters. The molecule has 0 radical (unpaired) electrons. The summed E-state index contributed by atoms with van der Waals surface area (Å²) in [5, 5.41) is 3.43. The molecule has 1 unspecified atom stereocenters. The standard InChI is InChI=1S/C13H26N2O/c1-4-5-7-13(16)15-9-6-8-14-10-12(15)11(2)3/h11-12,14H,4-10H2,1-3H3. The molecule has 0 aliphatic carbocycles. The van der Waals surface area contributed by atoms with Gasteiger partial charge in [0.15, 0.2) is 0 Å². The van der Waals surface area contributed by atoms with Crippen molar-refractivity contribution in [2.45, 2.75) is 52.5 Å². The topological polar surface area (TPSA) is 32.3 Å². The Labute approximate surface area is 99.6 Å². The van der Waals surface area contributed by atoms with Gasteiger partial charge in [-0.2, -0.15) is 0 Å². The van der Waals surface area contributed by atoms with Crippen LogP contribution in [0.5, 0.6) is 0 Å². The number of nitrogens with zero attached hydrogens (tertiary/aromatic N) is 1. The Morgan fingerprint density at radius 3 is 2.88 bits per heavy atom. The molecular weight excluding hydrogens is 200 g/mol. The summed E-state index contributed by atoms with van der Waals surface area (Å²) in [7, 11) is 0. The molecule has 0 aromatic heterocycles. The minimum atomic E-state index is 0.351. The Bertz CT molecular complexity index is 216. The number of hydrogen-bond donors (Lipinski definition) is 1. The number of unbranched alkanes of at least 4 members (excludes halogenated alkanes) is 1. The summed E-state index contributed by atoms with van der Waals surface area (Å²) in [6, 6.07) is 0.381. The zero-order valence-corrected chi connectivity index (χ0v) is 11.0. The van der Waals surface area contributed by atoms with Crippen molar-refractivity contribution >= 4 is 5.91 Å². The molecule has 1 fully saturated rings. The van der Waals surface area contributed by atoms with Gasteiger partial charge in [0.1, 0.15) is 0 Å². The van der Waals surface area contributed by atoms with Crippen molar-refractivity contribution in [1.82, 2.24) is 10.2 Å². The third-order valence-electron chi connectivity index (χ3n) is 3.34. The third-order valence-corrected chi connectivity index (χ3v) is 3.34. The zero-order valence-electron chi connectivity index (χ0n) is 11.0. The molecule has 94 valence electrons. The largest absolute Gasteiger partial charge is 0.338 e. The predicted octanol–water partition coefficient (Wildman–Crippen LogP) is 2.02. The second-order valence-corrected chi connectivity index (χ2v) is 5.06. The van der Waals surface area contributed by atoms with Crippen molar-refractivity contribution in [3.8, 4) is 0 Å². The molecular formula is C13H26N2O. The molecule has 0 aromatic carbocycles. The molecule has 0 bridgehead atoms. The van der Waals surface area contributed by atoms with Crippen molar-refractivity contribution in [3.05, 3.63) is 0 Å². The predicted molar refractivity (Wildman–Crippen MR) is 67.4 cm³/mol. The first-order chi connectivity index (χ1) is 7.66. The van der Waals surface area contributed by atoms with Crippen molar-refractivity contribution < 1.29 is 4.79 Å². The Balaban J connectivity index is 2.59. The number of carbonyl (C=O) groups excluding carboxylic acids is 1. The van der Waals surface area contributed by atoms with E-state index in [2.05, 4.69) is 31.0 Å². The molecule has 1 aliphatic heterocycles. The lowest BCUT2D eigenvalue weighted by Gasteiger charge is -2.32. The highest BCUT2D eigenvalue weighted by molar-refractivity contribution is 5.76. The summed E-state index contributed by atoms with van der Waals surface area (Å²) in [5.74, 6) is 0.889.